The SMILES string of the molecule is CNCc1cc(S(=O)(=O)NCCc2nc(C)cs2)c[nH]1. The smallest absolute Gasteiger partial charge is 0.242 e. The zero-order chi connectivity index (χ0) is 14.6. The summed E-state index contributed by atoms with van der Waals surface area (Å²) in [6.45, 7) is 2.88. The molecule has 0 aliphatic rings. The number of aromatic nitrogens is 2. The molecule has 2 aromatic heterocycles. The minimum Gasteiger partial charge on any atom is -0.363 e. The van der Waals surface area contributed by atoms with E-state index in [0.29, 0.717) is 19.5 Å². The van der Waals surface area contributed by atoms with Crippen LogP contribution >= 0.6 is 11.3 Å². The standard InChI is InChI=1S/C12H18N4O2S2/c1-9-8-19-12(16-9)3-4-15-20(17,18)11-5-10(6-13-2)14-7-11/h5,7-8,13-15H,3-4,6H2,1-2H3. The van der Waals surface area contributed by atoms with Crippen molar-refractivity contribution in [1.29, 1.82) is 0 Å². The molecule has 0 fully saturated rings. The highest BCUT2D eigenvalue weighted by Gasteiger charge is 2.15. The lowest BCUT2D eigenvalue weighted by Gasteiger charge is -2.03. The van der Waals surface area contributed by atoms with Crippen molar-refractivity contribution >= 4 is 21.4 Å². The summed E-state index contributed by atoms with van der Waals surface area (Å²) in [6.07, 6.45) is 2.11. The van der Waals surface area contributed by atoms with Gasteiger partial charge in [0.05, 0.1) is 9.90 Å². The quantitative estimate of drug-likeness (QED) is 0.712. The third kappa shape index (κ3) is 3.89. The van der Waals surface area contributed by atoms with E-state index in [0.717, 1.165) is 16.4 Å². The van der Waals surface area contributed by atoms with Crippen molar-refractivity contribution in [2.24, 2.45) is 0 Å². The molecule has 0 saturated heterocycles. The van der Waals surface area contributed by atoms with Gasteiger partial charge in [-0.05, 0) is 20.0 Å². The Bertz CT molecular complexity index is 661. The van der Waals surface area contributed by atoms with Gasteiger partial charge < -0.3 is 10.3 Å². The van der Waals surface area contributed by atoms with Crippen LogP contribution in [0, 0.1) is 6.92 Å². The number of H-pyrrole nitrogens is 1. The van der Waals surface area contributed by atoms with Gasteiger partial charge in [0.25, 0.3) is 0 Å². The second-order valence-electron chi connectivity index (χ2n) is 4.42. The van der Waals surface area contributed by atoms with Gasteiger partial charge in [-0.3, -0.25) is 0 Å². The molecule has 0 unspecified atom stereocenters. The fraction of sp³-hybridized carbons (Fsp3) is 0.417. The van der Waals surface area contributed by atoms with Crippen LogP contribution in [0.5, 0.6) is 0 Å². The Labute approximate surface area is 122 Å². The molecule has 0 aliphatic heterocycles. The number of aryl methyl sites for hydroxylation is 1. The molecule has 20 heavy (non-hydrogen) atoms. The predicted octanol–water partition coefficient (Wildman–Crippen LogP) is 1.02. The lowest BCUT2D eigenvalue weighted by Crippen LogP contribution is -2.25. The van der Waals surface area contributed by atoms with Crippen LogP contribution in [0.25, 0.3) is 0 Å². The average Bonchev–Trinajstić information content (AvgIpc) is 2.99. The van der Waals surface area contributed by atoms with Gasteiger partial charge in [0, 0.05) is 42.5 Å². The molecule has 2 rings (SSSR count). The van der Waals surface area contributed by atoms with Crippen molar-refractivity contribution in [3.8, 4) is 0 Å². The summed E-state index contributed by atoms with van der Waals surface area (Å²) < 4.78 is 26.7. The molecule has 0 aromatic carbocycles. The van der Waals surface area contributed by atoms with Gasteiger partial charge in [-0.25, -0.2) is 18.1 Å². The molecule has 0 atom stereocenters. The molecule has 0 saturated carbocycles. The highest BCUT2D eigenvalue weighted by molar-refractivity contribution is 7.89. The van der Waals surface area contributed by atoms with E-state index in [2.05, 4.69) is 20.0 Å². The Morgan fingerprint density at radius 3 is 2.90 bits per heavy atom. The Morgan fingerprint density at radius 2 is 2.25 bits per heavy atom. The minimum absolute atomic E-state index is 0.262. The van der Waals surface area contributed by atoms with E-state index in [1.165, 1.54) is 6.20 Å². The second kappa shape index (κ2) is 6.49. The monoisotopic (exact) mass is 314 g/mol. The summed E-state index contributed by atoms with van der Waals surface area (Å²) in [5, 5.41) is 5.86. The highest BCUT2D eigenvalue weighted by atomic mass is 32.2. The molecule has 6 nitrogen and oxygen atoms in total. The van der Waals surface area contributed by atoms with Gasteiger partial charge in [0.1, 0.15) is 0 Å². The normalized spacial score (nSPS) is 11.9. The fourth-order valence-electron chi connectivity index (χ4n) is 1.76. The lowest BCUT2D eigenvalue weighted by atomic mass is 10.4. The maximum atomic E-state index is 12.1. The molecule has 8 heteroatoms. The average molecular weight is 314 g/mol. The van der Waals surface area contributed by atoms with Crippen molar-refractivity contribution in [3.63, 3.8) is 0 Å². The van der Waals surface area contributed by atoms with Crippen molar-refractivity contribution in [3.05, 3.63) is 34.0 Å². The summed E-state index contributed by atoms with van der Waals surface area (Å²) in [5.74, 6) is 0. The number of nitrogens with one attached hydrogen (secondary N) is 3. The van der Waals surface area contributed by atoms with Gasteiger partial charge >= 0.3 is 0 Å². The number of rotatable bonds is 7. The molecule has 0 radical (unpaired) electrons. The van der Waals surface area contributed by atoms with Crippen molar-refractivity contribution < 1.29 is 8.42 Å². The number of hydrogen-bond acceptors (Lipinski definition) is 5. The summed E-state index contributed by atoms with van der Waals surface area (Å²) >= 11 is 1.55. The Kier molecular flexibility index (Phi) is 4.92. The number of nitrogens with zero attached hydrogens (tertiary/aromatic N) is 1. The van der Waals surface area contributed by atoms with Gasteiger partial charge in [0.2, 0.25) is 10.0 Å². The topological polar surface area (TPSA) is 86.9 Å². The third-order valence-electron chi connectivity index (χ3n) is 2.69. The third-order valence-corrected chi connectivity index (χ3v) is 5.16. The Morgan fingerprint density at radius 1 is 1.45 bits per heavy atom. The lowest BCUT2D eigenvalue weighted by molar-refractivity contribution is 0.581. The molecule has 110 valence electrons. The highest BCUT2D eigenvalue weighted by Crippen LogP contribution is 2.12. The van der Waals surface area contributed by atoms with E-state index in [-0.39, 0.29) is 4.90 Å². The molecule has 3 N–H and O–H groups in total. The summed E-state index contributed by atoms with van der Waals surface area (Å²) in [4.78, 5) is 7.50. The number of hydrogen-bond donors (Lipinski definition) is 3. The first-order valence-corrected chi connectivity index (χ1v) is 8.60. The van der Waals surface area contributed by atoms with E-state index in [1.807, 2.05) is 19.4 Å². The van der Waals surface area contributed by atoms with Gasteiger partial charge in [0.15, 0.2) is 0 Å². The molecule has 0 amide bonds. The van der Waals surface area contributed by atoms with Crippen LogP contribution in [-0.4, -0.2) is 32.0 Å². The van der Waals surface area contributed by atoms with Crippen LogP contribution in [0.1, 0.15) is 16.4 Å². The second-order valence-corrected chi connectivity index (χ2v) is 7.13. The van der Waals surface area contributed by atoms with E-state index >= 15 is 0 Å². The van der Waals surface area contributed by atoms with E-state index < -0.39 is 10.0 Å². The Balaban J connectivity index is 1.92. The molecule has 2 aromatic rings. The maximum Gasteiger partial charge on any atom is 0.242 e. The summed E-state index contributed by atoms with van der Waals surface area (Å²) in [6, 6.07) is 1.63. The zero-order valence-corrected chi connectivity index (χ0v) is 13.1. The summed E-state index contributed by atoms with van der Waals surface area (Å²) in [5.41, 5.74) is 1.80. The summed E-state index contributed by atoms with van der Waals surface area (Å²) in [7, 11) is -1.64. The molecule has 0 bridgehead atoms. The number of aromatic amines is 1. The first-order valence-electron chi connectivity index (χ1n) is 6.24. The van der Waals surface area contributed by atoms with Crippen LogP contribution in [-0.2, 0) is 23.0 Å². The first-order chi connectivity index (χ1) is 9.51. The molecule has 2 heterocycles. The van der Waals surface area contributed by atoms with Gasteiger partial charge in [-0.1, -0.05) is 0 Å². The minimum atomic E-state index is -3.45. The van der Waals surface area contributed by atoms with E-state index in [4.69, 9.17) is 0 Å². The number of thiazole rings is 1. The zero-order valence-electron chi connectivity index (χ0n) is 11.4. The van der Waals surface area contributed by atoms with Crippen molar-refractivity contribution in [1.82, 2.24) is 20.0 Å². The number of sulfonamides is 1. The fourth-order valence-corrected chi connectivity index (χ4v) is 3.58. The molecular weight excluding hydrogens is 296 g/mol. The van der Waals surface area contributed by atoms with Gasteiger partial charge in [-0.15, -0.1) is 11.3 Å². The van der Waals surface area contributed by atoms with Crippen LogP contribution in [0.2, 0.25) is 0 Å². The van der Waals surface area contributed by atoms with Gasteiger partial charge in [-0.2, -0.15) is 0 Å². The largest absolute Gasteiger partial charge is 0.363 e. The molecule has 0 aliphatic carbocycles. The van der Waals surface area contributed by atoms with Crippen LogP contribution in [0.15, 0.2) is 22.5 Å². The Hall–Kier alpha value is -1.22. The van der Waals surface area contributed by atoms with E-state index in [1.54, 1.807) is 17.4 Å². The van der Waals surface area contributed by atoms with E-state index in [9.17, 15) is 8.42 Å². The molecular formula is C12H18N4O2S2. The van der Waals surface area contributed by atoms with Crippen LogP contribution in [0.4, 0.5) is 0 Å². The van der Waals surface area contributed by atoms with Crippen molar-refractivity contribution in [2.45, 2.75) is 24.8 Å². The van der Waals surface area contributed by atoms with Crippen LogP contribution in [0.3, 0.4) is 0 Å². The predicted molar refractivity (Wildman–Crippen MR) is 79.3 cm³/mol. The maximum absolute atomic E-state index is 12.1. The van der Waals surface area contributed by atoms with Crippen LogP contribution < -0.4 is 10.0 Å². The van der Waals surface area contributed by atoms with Crippen molar-refractivity contribution in [2.75, 3.05) is 13.6 Å². The molecule has 0 spiro atoms. The first kappa shape index (κ1) is 15.2.